The summed E-state index contributed by atoms with van der Waals surface area (Å²) in [6.45, 7) is 2.13. The smallest absolute Gasteiger partial charge is 0.182 e. The standard InChI is InChI=1S/C23H25N3O/c1-25-14-12-23(13-15-25)26-22(18-8-4-5-9-20(18)27-23)19-11-10-16-6-2-3-7-17(16)21(19)24-26/h2-9,22,24H,10-15H2,1H3/t22-/m0/s1. The highest BCUT2D eigenvalue weighted by Gasteiger charge is 2.54. The fraction of sp³-hybridized carbons (Fsp3) is 0.391. The lowest BCUT2D eigenvalue weighted by Gasteiger charge is -2.51. The molecule has 3 heterocycles. The number of piperidine rings is 1. The zero-order valence-corrected chi connectivity index (χ0v) is 15.7. The Morgan fingerprint density at radius 1 is 1.00 bits per heavy atom. The summed E-state index contributed by atoms with van der Waals surface area (Å²) in [5, 5.41) is 2.45. The van der Waals surface area contributed by atoms with E-state index in [1.54, 1.807) is 0 Å². The minimum Gasteiger partial charge on any atom is -0.470 e. The second kappa shape index (κ2) is 5.60. The number of fused-ring (bicyclic) bond motifs is 7. The van der Waals surface area contributed by atoms with E-state index < -0.39 is 0 Å². The molecular formula is C23H25N3O. The number of aryl methyl sites for hydroxylation is 1. The lowest BCUT2D eigenvalue weighted by atomic mass is 9.83. The number of nitrogens with one attached hydrogen (secondary N) is 1. The van der Waals surface area contributed by atoms with Crippen molar-refractivity contribution in [3.8, 4) is 5.75 Å². The van der Waals surface area contributed by atoms with Gasteiger partial charge in [-0.05, 0) is 37.1 Å². The highest BCUT2D eigenvalue weighted by molar-refractivity contribution is 5.75. The molecule has 1 fully saturated rings. The van der Waals surface area contributed by atoms with Gasteiger partial charge in [0.2, 0.25) is 0 Å². The van der Waals surface area contributed by atoms with Crippen LogP contribution in [0.3, 0.4) is 0 Å². The third-order valence-corrected chi connectivity index (χ3v) is 6.81. The number of hydrazine groups is 1. The Kier molecular flexibility index (Phi) is 3.26. The SMILES string of the molecule is CN1CCC2(CC1)Oc1ccccc1[C@H]1C3=C(NN12)c1ccccc1CC3. The van der Waals surface area contributed by atoms with Crippen LogP contribution in [0.15, 0.2) is 54.1 Å². The Morgan fingerprint density at radius 2 is 1.78 bits per heavy atom. The second-order valence-electron chi connectivity index (χ2n) is 8.33. The molecular weight excluding hydrogens is 334 g/mol. The van der Waals surface area contributed by atoms with E-state index in [1.165, 1.54) is 28.0 Å². The molecule has 0 unspecified atom stereocenters. The molecule has 0 radical (unpaired) electrons. The van der Waals surface area contributed by atoms with E-state index in [9.17, 15) is 0 Å². The fourth-order valence-corrected chi connectivity index (χ4v) is 5.32. The maximum atomic E-state index is 6.73. The molecule has 3 aliphatic heterocycles. The van der Waals surface area contributed by atoms with E-state index in [0.717, 1.165) is 44.5 Å². The summed E-state index contributed by atoms with van der Waals surface area (Å²) in [7, 11) is 2.21. The number of hydrogen-bond donors (Lipinski definition) is 1. The zero-order chi connectivity index (χ0) is 18.0. The Labute approximate surface area is 160 Å². The molecule has 4 nitrogen and oxygen atoms in total. The largest absolute Gasteiger partial charge is 0.470 e. The van der Waals surface area contributed by atoms with Crippen molar-refractivity contribution in [1.82, 2.24) is 15.3 Å². The summed E-state index contributed by atoms with van der Waals surface area (Å²) < 4.78 is 6.73. The predicted octanol–water partition coefficient (Wildman–Crippen LogP) is 3.72. The van der Waals surface area contributed by atoms with Gasteiger partial charge in [0.1, 0.15) is 5.75 Å². The average molecular weight is 359 g/mol. The van der Waals surface area contributed by atoms with Crippen molar-refractivity contribution in [3.63, 3.8) is 0 Å². The van der Waals surface area contributed by atoms with Crippen LogP contribution in [-0.2, 0) is 6.42 Å². The minimum atomic E-state index is -0.266. The van der Waals surface area contributed by atoms with E-state index in [4.69, 9.17) is 4.74 Å². The van der Waals surface area contributed by atoms with Gasteiger partial charge in [0.05, 0.1) is 11.7 Å². The molecule has 1 atom stereocenters. The molecule has 1 aliphatic carbocycles. The van der Waals surface area contributed by atoms with Gasteiger partial charge in [-0.2, -0.15) is 5.01 Å². The summed E-state index contributed by atoms with van der Waals surface area (Å²) in [5.41, 5.74) is 10.5. The van der Waals surface area contributed by atoms with Crippen LogP contribution in [0.5, 0.6) is 5.75 Å². The van der Waals surface area contributed by atoms with Crippen molar-refractivity contribution in [3.05, 3.63) is 70.8 Å². The first-order valence-corrected chi connectivity index (χ1v) is 10.1. The molecule has 2 aromatic carbocycles. The monoisotopic (exact) mass is 359 g/mol. The Balaban J connectivity index is 1.51. The first-order chi connectivity index (χ1) is 13.3. The van der Waals surface area contributed by atoms with Crippen molar-refractivity contribution in [2.45, 2.75) is 37.5 Å². The van der Waals surface area contributed by atoms with Crippen molar-refractivity contribution in [2.24, 2.45) is 0 Å². The van der Waals surface area contributed by atoms with Crippen LogP contribution in [0.2, 0.25) is 0 Å². The van der Waals surface area contributed by atoms with Crippen LogP contribution < -0.4 is 10.2 Å². The Morgan fingerprint density at radius 3 is 2.67 bits per heavy atom. The maximum Gasteiger partial charge on any atom is 0.182 e. The summed E-state index contributed by atoms with van der Waals surface area (Å²) in [6.07, 6.45) is 4.28. The van der Waals surface area contributed by atoms with E-state index in [0.29, 0.717) is 0 Å². The molecule has 0 saturated carbocycles. The van der Waals surface area contributed by atoms with Crippen LogP contribution in [0.4, 0.5) is 0 Å². The number of hydrogen-bond acceptors (Lipinski definition) is 4. The molecule has 138 valence electrons. The lowest BCUT2D eigenvalue weighted by Crippen LogP contribution is -2.63. The molecule has 6 rings (SSSR count). The van der Waals surface area contributed by atoms with E-state index in [2.05, 4.69) is 70.9 Å². The van der Waals surface area contributed by atoms with Crippen LogP contribution in [0.1, 0.15) is 42.0 Å². The van der Waals surface area contributed by atoms with Gasteiger partial charge in [0.15, 0.2) is 5.72 Å². The third-order valence-electron chi connectivity index (χ3n) is 6.81. The molecule has 4 heteroatoms. The van der Waals surface area contributed by atoms with Crippen LogP contribution in [0.25, 0.3) is 5.70 Å². The van der Waals surface area contributed by atoms with Crippen molar-refractivity contribution < 1.29 is 4.74 Å². The number of nitrogens with zero attached hydrogens (tertiary/aromatic N) is 2. The highest BCUT2D eigenvalue weighted by atomic mass is 16.5. The summed E-state index contributed by atoms with van der Waals surface area (Å²) in [4.78, 5) is 2.41. The van der Waals surface area contributed by atoms with Gasteiger partial charge >= 0.3 is 0 Å². The summed E-state index contributed by atoms with van der Waals surface area (Å²) in [5.74, 6) is 1.07. The molecule has 4 aliphatic rings. The summed E-state index contributed by atoms with van der Waals surface area (Å²) >= 11 is 0. The molecule has 1 spiro atoms. The third kappa shape index (κ3) is 2.17. The lowest BCUT2D eigenvalue weighted by molar-refractivity contribution is -0.159. The normalized spacial score (nSPS) is 25.9. The van der Waals surface area contributed by atoms with Crippen molar-refractivity contribution >= 4 is 5.70 Å². The van der Waals surface area contributed by atoms with Crippen molar-refractivity contribution in [1.29, 1.82) is 0 Å². The average Bonchev–Trinajstić information content (AvgIpc) is 3.12. The number of likely N-dealkylation sites (tertiary alicyclic amines) is 1. The van der Waals surface area contributed by atoms with Crippen molar-refractivity contribution in [2.75, 3.05) is 20.1 Å². The second-order valence-corrected chi connectivity index (χ2v) is 8.33. The summed E-state index contributed by atoms with van der Waals surface area (Å²) in [6, 6.07) is 17.8. The van der Waals surface area contributed by atoms with E-state index >= 15 is 0 Å². The first kappa shape index (κ1) is 15.7. The topological polar surface area (TPSA) is 27.7 Å². The highest BCUT2D eigenvalue weighted by Crippen LogP contribution is 2.53. The molecule has 2 aromatic rings. The predicted molar refractivity (Wildman–Crippen MR) is 106 cm³/mol. The molecule has 0 amide bonds. The van der Waals surface area contributed by atoms with Crippen LogP contribution >= 0.6 is 0 Å². The number of rotatable bonds is 0. The molecule has 1 N–H and O–H groups in total. The minimum absolute atomic E-state index is 0.266. The zero-order valence-electron chi connectivity index (χ0n) is 15.7. The first-order valence-electron chi connectivity index (χ1n) is 10.1. The molecule has 27 heavy (non-hydrogen) atoms. The number of benzene rings is 2. The van der Waals surface area contributed by atoms with Gasteiger partial charge < -0.3 is 15.1 Å². The Bertz CT molecular complexity index is 942. The Hall–Kier alpha value is -2.30. The van der Waals surface area contributed by atoms with Gasteiger partial charge in [-0.1, -0.05) is 42.5 Å². The van der Waals surface area contributed by atoms with E-state index in [-0.39, 0.29) is 11.8 Å². The number of ether oxygens (including phenoxy) is 1. The molecule has 0 bridgehead atoms. The number of para-hydroxylation sites is 1. The quantitative estimate of drug-likeness (QED) is 0.776. The van der Waals surface area contributed by atoms with Crippen LogP contribution in [0, 0.1) is 0 Å². The van der Waals surface area contributed by atoms with Gasteiger partial charge in [-0.15, -0.1) is 0 Å². The molecule has 0 aromatic heterocycles. The van der Waals surface area contributed by atoms with Gasteiger partial charge in [0, 0.05) is 37.1 Å². The van der Waals surface area contributed by atoms with E-state index in [1.807, 2.05) is 0 Å². The fourth-order valence-electron chi connectivity index (χ4n) is 5.32. The van der Waals surface area contributed by atoms with Gasteiger partial charge in [-0.25, -0.2) is 0 Å². The molecule has 1 saturated heterocycles. The van der Waals surface area contributed by atoms with Gasteiger partial charge in [0.25, 0.3) is 0 Å². The van der Waals surface area contributed by atoms with Crippen LogP contribution in [-0.4, -0.2) is 35.8 Å². The van der Waals surface area contributed by atoms with Gasteiger partial charge in [-0.3, -0.25) is 0 Å². The maximum absolute atomic E-state index is 6.73.